The van der Waals surface area contributed by atoms with E-state index in [1.165, 1.54) is 11.8 Å². The molecule has 0 bridgehead atoms. The van der Waals surface area contributed by atoms with Gasteiger partial charge in [0.2, 0.25) is 5.91 Å². The maximum atomic E-state index is 11.9. The third-order valence-corrected chi connectivity index (χ3v) is 5.51. The number of carbonyl (C=O) groups is 2. The number of carbonyl (C=O) groups excluding carboxylic acids is 2. The summed E-state index contributed by atoms with van der Waals surface area (Å²) in [5.41, 5.74) is 5.00. The van der Waals surface area contributed by atoms with Gasteiger partial charge in [0.15, 0.2) is 6.61 Å². The first-order valence-electron chi connectivity index (χ1n) is 9.81. The van der Waals surface area contributed by atoms with Crippen LogP contribution < -0.4 is 15.5 Å². The number of amides is 2. The predicted molar refractivity (Wildman–Crippen MR) is 130 cm³/mol. The van der Waals surface area contributed by atoms with E-state index >= 15 is 0 Å². The molecule has 0 unspecified atom stereocenters. The second-order valence-electron chi connectivity index (χ2n) is 6.65. The van der Waals surface area contributed by atoms with E-state index in [1.54, 1.807) is 30.5 Å². The quantitative estimate of drug-likeness (QED) is 0.333. The van der Waals surface area contributed by atoms with Crippen LogP contribution in [0.3, 0.4) is 0 Å². The number of hydrogen-bond donors (Lipinski definition) is 2. The van der Waals surface area contributed by atoms with Gasteiger partial charge in [0.1, 0.15) is 5.75 Å². The third kappa shape index (κ3) is 8.09. The zero-order chi connectivity index (χ0) is 22.6. The Morgan fingerprint density at radius 1 is 0.938 bits per heavy atom. The van der Waals surface area contributed by atoms with Crippen LogP contribution in [0.2, 0.25) is 5.02 Å². The second-order valence-corrected chi connectivity index (χ2v) is 8.04. The molecule has 0 aromatic heterocycles. The summed E-state index contributed by atoms with van der Waals surface area (Å²) in [6.07, 6.45) is 1.54. The molecule has 2 N–H and O–H groups in total. The zero-order valence-electron chi connectivity index (χ0n) is 17.2. The van der Waals surface area contributed by atoms with E-state index in [9.17, 15) is 9.59 Å². The van der Waals surface area contributed by atoms with Crippen LogP contribution in [-0.4, -0.2) is 30.4 Å². The number of thioether (sulfide) groups is 1. The lowest BCUT2D eigenvalue weighted by Gasteiger charge is -2.07. The number of anilines is 1. The average Bonchev–Trinajstić information content (AvgIpc) is 2.80. The summed E-state index contributed by atoms with van der Waals surface area (Å²) < 4.78 is 5.49. The van der Waals surface area contributed by atoms with Gasteiger partial charge in [-0.2, -0.15) is 5.10 Å². The molecule has 0 fully saturated rings. The van der Waals surface area contributed by atoms with Crippen molar-refractivity contribution in [3.8, 4) is 5.75 Å². The van der Waals surface area contributed by atoms with Gasteiger partial charge in [0.25, 0.3) is 5.91 Å². The number of hydrogen-bond acceptors (Lipinski definition) is 5. The molecule has 32 heavy (non-hydrogen) atoms. The number of halogens is 1. The molecular weight excluding hydrogens is 446 g/mol. The summed E-state index contributed by atoms with van der Waals surface area (Å²) in [5, 5.41) is 7.42. The fourth-order valence-corrected chi connectivity index (χ4v) is 3.70. The van der Waals surface area contributed by atoms with Crippen molar-refractivity contribution in [1.29, 1.82) is 0 Å². The molecule has 0 aliphatic rings. The molecule has 2 amide bonds. The van der Waals surface area contributed by atoms with Crippen LogP contribution in [0.25, 0.3) is 0 Å². The van der Waals surface area contributed by atoms with Crippen LogP contribution in [0.1, 0.15) is 11.1 Å². The highest BCUT2D eigenvalue weighted by molar-refractivity contribution is 7.99. The minimum Gasteiger partial charge on any atom is -0.484 e. The van der Waals surface area contributed by atoms with E-state index in [4.69, 9.17) is 16.3 Å². The summed E-state index contributed by atoms with van der Waals surface area (Å²) in [4.78, 5) is 23.8. The molecule has 0 radical (unpaired) electrons. The van der Waals surface area contributed by atoms with Gasteiger partial charge >= 0.3 is 0 Å². The molecular formula is C24H22ClN3O3S. The number of nitrogens with one attached hydrogen (secondary N) is 2. The van der Waals surface area contributed by atoms with Gasteiger partial charge in [-0.1, -0.05) is 48.0 Å². The molecule has 0 aliphatic heterocycles. The zero-order valence-corrected chi connectivity index (χ0v) is 18.7. The molecule has 164 valence electrons. The lowest BCUT2D eigenvalue weighted by Crippen LogP contribution is -2.20. The molecule has 3 aromatic rings. The minimum atomic E-state index is -0.239. The van der Waals surface area contributed by atoms with Crippen LogP contribution in [0, 0.1) is 0 Å². The SMILES string of the molecule is O=C(CSCc1ccccc1Cl)N/N=C\c1ccc(OCC(=O)Nc2ccccc2)cc1. The molecule has 0 heterocycles. The van der Waals surface area contributed by atoms with Crippen LogP contribution in [-0.2, 0) is 15.3 Å². The van der Waals surface area contributed by atoms with Crippen LogP contribution in [0.5, 0.6) is 5.75 Å². The van der Waals surface area contributed by atoms with Gasteiger partial charge in [0, 0.05) is 16.5 Å². The standard InChI is InChI=1S/C24H22ClN3O3S/c25-22-9-5-4-6-19(22)16-32-17-24(30)28-26-14-18-10-12-21(13-11-18)31-15-23(29)27-20-7-2-1-3-8-20/h1-14H,15-17H2,(H,27,29)(H,28,30)/b26-14-. The van der Waals surface area contributed by atoms with Gasteiger partial charge in [-0.3, -0.25) is 9.59 Å². The van der Waals surface area contributed by atoms with E-state index in [-0.39, 0.29) is 24.2 Å². The van der Waals surface area contributed by atoms with E-state index < -0.39 is 0 Å². The maximum Gasteiger partial charge on any atom is 0.262 e. The van der Waals surface area contributed by atoms with Gasteiger partial charge < -0.3 is 10.1 Å². The Labute approximate surface area is 196 Å². The van der Waals surface area contributed by atoms with Gasteiger partial charge in [-0.15, -0.1) is 11.8 Å². The Kier molecular flexibility index (Phi) is 9.16. The molecule has 3 rings (SSSR count). The molecule has 0 atom stereocenters. The number of rotatable bonds is 10. The summed E-state index contributed by atoms with van der Waals surface area (Å²) in [7, 11) is 0. The van der Waals surface area contributed by atoms with Gasteiger partial charge in [-0.25, -0.2) is 5.43 Å². The van der Waals surface area contributed by atoms with Crippen molar-refractivity contribution < 1.29 is 14.3 Å². The highest BCUT2D eigenvalue weighted by Gasteiger charge is 2.04. The normalized spacial score (nSPS) is 10.7. The first-order chi connectivity index (χ1) is 15.6. The Balaban J connectivity index is 1.35. The number of benzene rings is 3. The van der Waals surface area contributed by atoms with Crippen LogP contribution >= 0.6 is 23.4 Å². The molecule has 8 heteroatoms. The highest BCUT2D eigenvalue weighted by Crippen LogP contribution is 2.20. The lowest BCUT2D eigenvalue weighted by molar-refractivity contribution is -0.119. The summed E-state index contributed by atoms with van der Waals surface area (Å²) in [6.45, 7) is -0.0930. The first kappa shape index (κ1) is 23.4. The Morgan fingerprint density at radius 2 is 1.66 bits per heavy atom. The van der Waals surface area contributed by atoms with Gasteiger partial charge in [0.05, 0.1) is 12.0 Å². The van der Waals surface area contributed by atoms with Crippen LogP contribution in [0.15, 0.2) is 84.0 Å². The van der Waals surface area contributed by atoms with Crippen molar-refractivity contribution in [3.63, 3.8) is 0 Å². The maximum absolute atomic E-state index is 11.9. The Bertz CT molecular complexity index is 1060. The summed E-state index contributed by atoms with van der Waals surface area (Å²) in [5.74, 6) is 1.06. The third-order valence-electron chi connectivity index (χ3n) is 4.16. The molecule has 3 aromatic carbocycles. The predicted octanol–water partition coefficient (Wildman–Crippen LogP) is 4.74. The molecule has 6 nitrogen and oxygen atoms in total. The largest absolute Gasteiger partial charge is 0.484 e. The summed E-state index contributed by atoms with van der Waals surface area (Å²) >= 11 is 7.57. The number of hydrazone groups is 1. The number of nitrogens with zero attached hydrogens (tertiary/aromatic N) is 1. The average molecular weight is 468 g/mol. The topological polar surface area (TPSA) is 79.8 Å². The van der Waals surface area contributed by atoms with E-state index in [1.807, 2.05) is 54.6 Å². The van der Waals surface area contributed by atoms with Crippen molar-refractivity contribution in [1.82, 2.24) is 5.43 Å². The van der Waals surface area contributed by atoms with Crippen molar-refractivity contribution in [2.24, 2.45) is 5.10 Å². The Hall–Kier alpha value is -3.29. The minimum absolute atomic E-state index is 0.0930. The molecule has 0 spiro atoms. The van der Waals surface area contributed by atoms with Crippen molar-refractivity contribution >= 4 is 47.1 Å². The molecule has 0 aliphatic carbocycles. The molecule has 0 saturated heterocycles. The number of ether oxygens (including phenoxy) is 1. The van der Waals surface area contributed by atoms with E-state index in [0.717, 1.165) is 16.8 Å². The molecule has 0 saturated carbocycles. The first-order valence-corrected chi connectivity index (χ1v) is 11.3. The van der Waals surface area contributed by atoms with Crippen molar-refractivity contribution in [3.05, 3.63) is 95.0 Å². The smallest absolute Gasteiger partial charge is 0.262 e. The summed E-state index contributed by atoms with van der Waals surface area (Å²) in [6, 6.07) is 23.8. The van der Waals surface area contributed by atoms with E-state index in [2.05, 4.69) is 15.8 Å². The lowest BCUT2D eigenvalue weighted by atomic mass is 10.2. The number of para-hydroxylation sites is 1. The van der Waals surface area contributed by atoms with Crippen LogP contribution in [0.4, 0.5) is 5.69 Å². The monoisotopic (exact) mass is 467 g/mol. The highest BCUT2D eigenvalue weighted by atomic mass is 35.5. The Morgan fingerprint density at radius 3 is 2.41 bits per heavy atom. The van der Waals surface area contributed by atoms with E-state index in [0.29, 0.717) is 16.5 Å². The fraction of sp³-hybridized carbons (Fsp3) is 0.125. The fourth-order valence-electron chi connectivity index (χ4n) is 2.60. The second kappa shape index (κ2) is 12.5. The van der Waals surface area contributed by atoms with Gasteiger partial charge in [-0.05, 0) is 53.6 Å². The van der Waals surface area contributed by atoms with Crippen molar-refractivity contribution in [2.75, 3.05) is 17.7 Å². The van der Waals surface area contributed by atoms with Crippen molar-refractivity contribution in [2.45, 2.75) is 5.75 Å².